The van der Waals surface area contributed by atoms with E-state index in [0.717, 1.165) is 29.1 Å². The summed E-state index contributed by atoms with van der Waals surface area (Å²) in [6.07, 6.45) is 1.54. The molecule has 6 heteroatoms. The maximum Gasteiger partial charge on any atom is 0.161 e. The van der Waals surface area contributed by atoms with E-state index in [1.165, 1.54) is 11.7 Å². The van der Waals surface area contributed by atoms with E-state index in [1.807, 2.05) is 43.3 Å². The summed E-state index contributed by atoms with van der Waals surface area (Å²) in [6.45, 7) is 5.40. The largest absolute Gasteiger partial charge is 0.494 e. The Hall–Kier alpha value is -3.80. The fraction of sp³-hybridized carbons (Fsp3) is 0.167. The molecule has 0 aliphatic carbocycles. The summed E-state index contributed by atoms with van der Waals surface area (Å²) in [5.74, 6) is 2.08. The van der Waals surface area contributed by atoms with Crippen LogP contribution in [-0.4, -0.2) is 23.1 Å². The van der Waals surface area contributed by atoms with Crippen molar-refractivity contribution in [3.8, 4) is 5.75 Å². The van der Waals surface area contributed by atoms with Gasteiger partial charge in [-0.2, -0.15) is 0 Å². The first kappa shape index (κ1) is 19.5. The van der Waals surface area contributed by atoms with Gasteiger partial charge in [-0.1, -0.05) is 36.4 Å². The van der Waals surface area contributed by atoms with Gasteiger partial charge in [0.05, 0.1) is 12.3 Å². The van der Waals surface area contributed by atoms with E-state index < -0.39 is 0 Å². The van der Waals surface area contributed by atoms with Gasteiger partial charge >= 0.3 is 0 Å². The van der Waals surface area contributed by atoms with E-state index in [1.54, 1.807) is 0 Å². The Kier molecular flexibility index (Phi) is 5.66. The Morgan fingerprint density at radius 3 is 2.47 bits per heavy atom. The number of anilines is 5. The van der Waals surface area contributed by atoms with Crippen molar-refractivity contribution in [2.45, 2.75) is 13.8 Å². The third kappa shape index (κ3) is 3.85. The van der Waals surface area contributed by atoms with E-state index in [2.05, 4.69) is 57.4 Å². The Labute approximate surface area is 176 Å². The number of aromatic nitrogens is 2. The number of hydrogen-bond acceptors (Lipinski definition) is 6. The predicted molar refractivity (Wildman–Crippen MR) is 124 cm³/mol. The van der Waals surface area contributed by atoms with Crippen LogP contribution in [0.3, 0.4) is 0 Å². The lowest BCUT2D eigenvalue weighted by Crippen LogP contribution is -2.20. The van der Waals surface area contributed by atoms with Crippen LogP contribution in [0.25, 0.3) is 10.8 Å². The van der Waals surface area contributed by atoms with Crippen molar-refractivity contribution in [1.82, 2.24) is 9.97 Å². The molecule has 0 radical (unpaired) electrons. The van der Waals surface area contributed by atoms with Crippen LogP contribution in [0, 0.1) is 0 Å². The average Bonchev–Trinajstić information content (AvgIpc) is 2.78. The van der Waals surface area contributed by atoms with Crippen LogP contribution in [-0.2, 0) is 0 Å². The van der Waals surface area contributed by atoms with Crippen molar-refractivity contribution < 1.29 is 4.74 Å². The fourth-order valence-electron chi connectivity index (χ4n) is 3.52. The molecule has 1 aromatic heterocycles. The molecular weight excluding hydrogens is 374 g/mol. The lowest BCUT2D eigenvalue weighted by Gasteiger charge is -2.25. The van der Waals surface area contributed by atoms with Crippen LogP contribution >= 0.6 is 0 Å². The molecule has 4 aromatic rings. The number of fused-ring (bicyclic) bond motifs is 1. The van der Waals surface area contributed by atoms with E-state index >= 15 is 0 Å². The molecule has 1 heterocycles. The Morgan fingerprint density at radius 1 is 0.933 bits per heavy atom. The van der Waals surface area contributed by atoms with Gasteiger partial charge in [0.1, 0.15) is 17.8 Å². The molecule has 0 saturated carbocycles. The number of nitrogens with one attached hydrogen (secondary N) is 1. The molecule has 0 spiro atoms. The monoisotopic (exact) mass is 399 g/mol. The molecule has 0 aliphatic heterocycles. The smallest absolute Gasteiger partial charge is 0.161 e. The molecule has 0 saturated heterocycles. The number of benzene rings is 3. The number of nitrogens with two attached hydrogens (primary N) is 1. The second-order valence-corrected chi connectivity index (χ2v) is 6.78. The van der Waals surface area contributed by atoms with Crippen LogP contribution in [0.5, 0.6) is 5.75 Å². The minimum Gasteiger partial charge on any atom is -0.494 e. The zero-order valence-corrected chi connectivity index (χ0v) is 17.2. The van der Waals surface area contributed by atoms with Gasteiger partial charge in [0.2, 0.25) is 0 Å². The van der Waals surface area contributed by atoms with E-state index in [4.69, 9.17) is 10.5 Å². The number of nitrogen functional groups attached to an aromatic ring is 1. The Morgan fingerprint density at radius 2 is 1.70 bits per heavy atom. The summed E-state index contributed by atoms with van der Waals surface area (Å²) < 4.78 is 5.50. The highest BCUT2D eigenvalue weighted by Gasteiger charge is 2.17. The second kappa shape index (κ2) is 8.69. The van der Waals surface area contributed by atoms with Gasteiger partial charge in [-0.3, -0.25) is 0 Å². The van der Waals surface area contributed by atoms with E-state index in [0.29, 0.717) is 23.9 Å². The average molecular weight is 399 g/mol. The van der Waals surface area contributed by atoms with Crippen LogP contribution in [0.1, 0.15) is 13.8 Å². The van der Waals surface area contributed by atoms with Crippen molar-refractivity contribution >= 4 is 39.5 Å². The first-order chi connectivity index (χ1) is 14.7. The van der Waals surface area contributed by atoms with Gasteiger partial charge in [-0.25, -0.2) is 9.97 Å². The summed E-state index contributed by atoms with van der Waals surface area (Å²) >= 11 is 0. The maximum absolute atomic E-state index is 6.51. The normalized spacial score (nSPS) is 10.7. The molecule has 0 fully saturated rings. The van der Waals surface area contributed by atoms with Crippen molar-refractivity contribution in [3.63, 3.8) is 0 Å². The molecule has 3 N–H and O–H groups in total. The first-order valence-electron chi connectivity index (χ1n) is 10.1. The van der Waals surface area contributed by atoms with Gasteiger partial charge < -0.3 is 20.7 Å². The molecule has 152 valence electrons. The lowest BCUT2D eigenvalue weighted by molar-refractivity contribution is 0.340. The van der Waals surface area contributed by atoms with E-state index in [-0.39, 0.29) is 0 Å². The lowest BCUT2D eigenvalue weighted by atomic mass is 10.1. The zero-order valence-electron chi connectivity index (χ0n) is 17.2. The molecule has 30 heavy (non-hydrogen) atoms. The SMILES string of the molecule is CCOc1ccc(Nc2ncnc(N(CC)c3cccc4ccccc34)c2N)cc1. The number of nitrogens with zero attached hydrogens (tertiary/aromatic N) is 3. The molecule has 0 bridgehead atoms. The number of rotatable bonds is 7. The van der Waals surface area contributed by atoms with Crippen LogP contribution < -0.4 is 20.7 Å². The molecule has 0 unspecified atom stereocenters. The van der Waals surface area contributed by atoms with Gasteiger partial charge in [-0.15, -0.1) is 0 Å². The summed E-state index contributed by atoms with van der Waals surface area (Å²) in [7, 11) is 0. The van der Waals surface area contributed by atoms with Gasteiger partial charge in [0, 0.05) is 17.6 Å². The summed E-state index contributed by atoms with van der Waals surface area (Å²) in [4.78, 5) is 11.0. The van der Waals surface area contributed by atoms with Crippen molar-refractivity contribution in [1.29, 1.82) is 0 Å². The minimum absolute atomic E-state index is 0.501. The summed E-state index contributed by atoms with van der Waals surface area (Å²) in [5, 5.41) is 5.62. The van der Waals surface area contributed by atoms with Crippen molar-refractivity contribution in [2.75, 3.05) is 29.1 Å². The van der Waals surface area contributed by atoms with Crippen LogP contribution in [0.4, 0.5) is 28.7 Å². The third-order valence-electron chi connectivity index (χ3n) is 4.92. The maximum atomic E-state index is 6.51. The minimum atomic E-state index is 0.501. The van der Waals surface area contributed by atoms with Crippen LogP contribution in [0.2, 0.25) is 0 Å². The zero-order chi connectivity index (χ0) is 20.9. The van der Waals surface area contributed by atoms with Gasteiger partial charge in [0.15, 0.2) is 11.6 Å². The van der Waals surface area contributed by atoms with Gasteiger partial charge in [-0.05, 0) is 49.6 Å². The molecule has 0 atom stereocenters. The Bertz CT molecular complexity index is 1140. The van der Waals surface area contributed by atoms with E-state index in [9.17, 15) is 0 Å². The molecule has 4 rings (SSSR count). The molecule has 0 aliphatic rings. The van der Waals surface area contributed by atoms with Crippen LogP contribution in [0.15, 0.2) is 73.1 Å². The summed E-state index contributed by atoms with van der Waals surface area (Å²) in [5.41, 5.74) is 8.95. The molecule has 6 nitrogen and oxygen atoms in total. The topological polar surface area (TPSA) is 76.3 Å². The third-order valence-corrected chi connectivity index (χ3v) is 4.92. The molecular formula is C24H25N5O. The second-order valence-electron chi connectivity index (χ2n) is 6.78. The number of hydrogen-bond donors (Lipinski definition) is 2. The predicted octanol–water partition coefficient (Wildman–Crippen LogP) is 5.51. The highest BCUT2D eigenvalue weighted by molar-refractivity contribution is 5.97. The summed E-state index contributed by atoms with van der Waals surface area (Å²) in [6, 6.07) is 22.3. The number of ether oxygens (including phenoxy) is 1. The standard InChI is InChI=1S/C24H25N5O/c1-3-29(21-11-7-9-17-8-5-6-10-20(17)21)24-22(25)23(26-16-27-24)28-18-12-14-19(15-13-18)30-4-2/h5-16H,3-4,25H2,1-2H3,(H,26,27,28). The van der Waals surface area contributed by atoms with Gasteiger partial charge in [0.25, 0.3) is 0 Å². The highest BCUT2D eigenvalue weighted by Crippen LogP contribution is 2.36. The van der Waals surface area contributed by atoms with Crippen molar-refractivity contribution in [3.05, 3.63) is 73.1 Å². The molecule has 3 aromatic carbocycles. The highest BCUT2D eigenvalue weighted by atomic mass is 16.5. The quantitative estimate of drug-likeness (QED) is 0.427. The Balaban J connectivity index is 1.69. The van der Waals surface area contributed by atoms with Crippen molar-refractivity contribution in [2.24, 2.45) is 0 Å². The fourth-order valence-corrected chi connectivity index (χ4v) is 3.52. The first-order valence-corrected chi connectivity index (χ1v) is 10.1. The molecule has 0 amide bonds.